The van der Waals surface area contributed by atoms with E-state index in [4.69, 9.17) is 10.7 Å². The molecule has 1 unspecified atom stereocenters. The molecule has 0 spiro atoms. The standard InChI is InChI=1S/C19H30N8O/c1-12(22-17(28)10-9-16-24-18(20)26-25-16)15-11-21-19(23-13(15)2)27(3)14-7-5-4-6-8-14/h11-12,14H,4-10H2,1-3H3,(H,22,28)(H3,20,24,25,26). The van der Waals surface area contributed by atoms with Crippen LogP contribution >= 0.6 is 0 Å². The lowest BCUT2D eigenvalue weighted by atomic mass is 9.95. The highest BCUT2D eigenvalue weighted by atomic mass is 16.1. The van der Waals surface area contributed by atoms with E-state index in [9.17, 15) is 4.79 Å². The van der Waals surface area contributed by atoms with E-state index in [0.717, 1.165) is 17.2 Å². The van der Waals surface area contributed by atoms with Gasteiger partial charge in [-0.05, 0) is 26.7 Å². The first-order valence-electron chi connectivity index (χ1n) is 9.96. The summed E-state index contributed by atoms with van der Waals surface area (Å²) < 4.78 is 0. The van der Waals surface area contributed by atoms with Gasteiger partial charge >= 0.3 is 0 Å². The van der Waals surface area contributed by atoms with Crippen LogP contribution in [0.1, 0.15) is 68.6 Å². The summed E-state index contributed by atoms with van der Waals surface area (Å²) >= 11 is 0. The number of nitrogens with zero attached hydrogens (tertiary/aromatic N) is 5. The lowest BCUT2D eigenvalue weighted by Crippen LogP contribution is -2.35. The topological polar surface area (TPSA) is 126 Å². The monoisotopic (exact) mass is 386 g/mol. The highest BCUT2D eigenvalue weighted by Crippen LogP contribution is 2.25. The Bertz CT molecular complexity index is 799. The smallest absolute Gasteiger partial charge is 0.239 e. The fourth-order valence-electron chi connectivity index (χ4n) is 3.74. The Morgan fingerprint density at radius 3 is 2.75 bits per heavy atom. The largest absolute Gasteiger partial charge is 0.367 e. The molecule has 152 valence electrons. The van der Waals surface area contributed by atoms with Gasteiger partial charge < -0.3 is 16.0 Å². The molecule has 9 nitrogen and oxygen atoms in total. The van der Waals surface area contributed by atoms with Gasteiger partial charge in [0.15, 0.2) is 0 Å². The summed E-state index contributed by atoms with van der Waals surface area (Å²) in [4.78, 5) is 27.7. The number of aryl methyl sites for hydroxylation is 2. The second-order valence-electron chi connectivity index (χ2n) is 7.54. The molecule has 0 saturated heterocycles. The predicted octanol–water partition coefficient (Wildman–Crippen LogP) is 2.06. The molecule has 1 fully saturated rings. The molecule has 4 N–H and O–H groups in total. The highest BCUT2D eigenvalue weighted by molar-refractivity contribution is 5.76. The predicted molar refractivity (Wildman–Crippen MR) is 108 cm³/mol. The third kappa shape index (κ3) is 4.96. The fourth-order valence-corrected chi connectivity index (χ4v) is 3.74. The van der Waals surface area contributed by atoms with Crippen molar-refractivity contribution in [2.24, 2.45) is 0 Å². The molecule has 2 aromatic heterocycles. The van der Waals surface area contributed by atoms with E-state index in [1.807, 2.05) is 20.0 Å². The highest BCUT2D eigenvalue weighted by Gasteiger charge is 2.21. The van der Waals surface area contributed by atoms with Gasteiger partial charge in [-0.2, -0.15) is 4.98 Å². The summed E-state index contributed by atoms with van der Waals surface area (Å²) in [5.41, 5.74) is 7.29. The molecular formula is C19H30N8O. The molecule has 2 heterocycles. The normalized spacial score (nSPS) is 16.0. The summed E-state index contributed by atoms with van der Waals surface area (Å²) in [7, 11) is 2.08. The molecular weight excluding hydrogens is 356 g/mol. The van der Waals surface area contributed by atoms with Crippen LogP contribution in [-0.2, 0) is 11.2 Å². The minimum absolute atomic E-state index is 0.0646. The molecule has 9 heteroatoms. The third-order valence-corrected chi connectivity index (χ3v) is 5.42. The molecule has 0 aliphatic heterocycles. The van der Waals surface area contributed by atoms with Crippen molar-refractivity contribution in [1.82, 2.24) is 30.5 Å². The fraction of sp³-hybridized carbons (Fsp3) is 0.632. The van der Waals surface area contributed by atoms with Crippen LogP contribution in [0.4, 0.5) is 11.9 Å². The lowest BCUT2D eigenvalue weighted by molar-refractivity contribution is -0.121. The van der Waals surface area contributed by atoms with Crippen LogP contribution in [0.25, 0.3) is 0 Å². The number of nitrogens with one attached hydrogen (secondary N) is 2. The second kappa shape index (κ2) is 8.99. The van der Waals surface area contributed by atoms with Gasteiger partial charge in [0.1, 0.15) is 5.82 Å². The number of hydrogen-bond acceptors (Lipinski definition) is 7. The quantitative estimate of drug-likeness (QED) is 0.665. The number of amides is 1. The van der Waals surface area contributed by atoms with Crippen molar-refractivity contribution in [2.75, 3.05) is 17.7 Å². The van der Waals surface area contributed by atoms with E-state index in [2.05, 4.69) is 37.4 Å². The number of rotatable bonds is 7. The number of carbonyl (C=O) groups excluding carboxylic acids is 1. The third-order valence-electron chi connectivity index (χ3n) is 5.42. The SMILES string of the molecule is Cc1nc(N(C)C2CCCCC2)ncc1C(C)NC(=O)CCc1nc(N)n[nH]1. The van der Waals surface area contributed by atoms with Crippen LogP contribution in [0, 0.1) is 6.92 Å². The zero-order valence-corrected chi connectivity index (χ0v) is 16.9. The minimum Gasteiger partial charge on any atom is -0.367 e. The first kappa shape index (κ1) is 20.0. The Kier molecular flexibility index (Phi) is 6.43. The summed E-state index contributed by atoms with van der Waals surface area (Å²) in [6, 6.07) is 0.350. The van der Waals surface area contributed by atoms with E-state index in [1.54, 1.807) is 0 Å². The average Bonchev–Trinajstić information content (AvgIpc) is 3.11. The average molecular weight is 387 g/mol. The summed E-state index contributed by atoms with van der Waals surface area (Å²) in [6.45, 7) is 3.91. The number of aromatic nitrogens is 5. The van der Waals surface area contributed by atoms with Crippen molar-refractivity contribution in [3.8, 4) is 0 Å². The van der Waals surface area contributed by atoms with Gasteiger partial charge in [0.25, 0.3) is 0 Å². The van der Waals surface area contributed by atoms with Gasteiger partial charge in [0.2, 0.25) is 17.8 Å². The Morgan fingerprint density at radius 1 is 1.36 bits per heavy atom. The van der Waals surface area contributed by atoms with E-state index < -0.39 is 0 Å². The van der Waals surface area contributed by atoms with Crippen LogP contribution in [0.3, 0.4) is 0 Å². The Morgan fingerprint density at radius 2 is 2.11 bits per heavy atom. The van der Waals surface area contributed by atoms with Crippen LogP contribution in [-0.4, -0.2) is 44.1 Å². The summed E-state index contributed by atoms with van der Waals surface area (Å²) in [5, 5.41) is 9.47. The van der Waals surface area contributed by atoms with Crippen LogP contribution < -0.4 is 16.0 Å². The minimum atomic E-state index is -0.165. The van der Waals surface area contributed by atoms with Crippen LogP contribution in [0.15, 0.2) is 6.20 Å². The molecule has 1 saturated carbocycles. The Balaban J connectivity index is 1.57. The maximum absolute atomic E-state index is 12.2. The summed E-state index contributed by atoms with van der Waals surface area (Å²) in [6.07, 6.45) is 8.87. The molecule has 2 aromatic rings. The van der Waals surface area contributed by atoms with Crippen molar-refractivity contribution < 1.29 is 4.79 Å². The Labute approximate surface area is 165 Å². The number of H-pyrrole nitrogens is 1. The molecule has 0 bridgehead atoms. The molecule has 1 aliphatic rings. The molecule has 1 aliphatic carbocycles. The second-order valence-corrected chi connectivity index (χ2v) is 7.54. The number of anilines is 2. The first-order valence-corrected chi connectivity index (χ1v) is 9.96. The summed E-state index contributed by atoms with van der Waals surface area (Å²) in [5.74, 6) is 1.49. The molecule has 1 amide bonds. The first-order chi connectivity index (χ1) is 13.4. The molecule has 1 atom stereocenters. The van der Waals surface area contributed by atoms with Gasteiger partial charge in [0, 0.05) is 43.4 Å². The molecule has 28 heavy (non-hydrogen) atoms. The number of nitrogens with two attached hydrogens (primary N) is 1. The number of aromatic amines is 1. The van der Waals surface area contributed by atoms with Gasteiger partial charge in [0.05, 0.1) is 6.04 Å². The van der Waals surface area contributed by atoms with Gasteiger partial charge in [-0.1, -0.05) is 19.3 Å². The number of carbonyl (C=O) groups is 1. The van der Waals surface area contributed by atoms with Gasteiger partial charge in [-0.25, -0.2) is 9.97 Å². The van der Waals surface area contributed by atoms with Crippen LogP contribution in [0.2, 0.25) is 0 Å². The van der Waals surface area contributed by atoms with E-state index in [0.29, 0.717) is 24.7 Å². The maximum atomic E-state index is 12.2. The van der Waals surface area contributed by atoms with Crippen LogP contribution in [0.5, 0.6) is 0 Å². The number of nitrogen functional groups attached to an aromatic ring is 1. The van der Waals surface area contributed by atoms with Crippen molar-refractivity contribution >= 4 is 17.8 Å². The lowest BCUT2D eigenvalue weighted by Gasteiger charge is -2.31. The molecule has 0 radical (unpaired) electrons. The van der Waals surface area contributed by atoms with Crippen molar-refractivity contribution in [1.29, 1.82) is 0 Å². The Hall–Kier alpha value is -2.71. The van der Waals surface area contributed by atoms with Crippen molar-refractivity contribution in [3.05, 3.63) is 23.3 Å². The van der Waals surface area contributed by atoms with Gasteiger partial charge in [-0.3, -0.25) is 9.89 Å². The van der Waals surface area contributed by atoms with Crippen molar-refractivity contribution in [3.63, 3.8) is 0 Å². The van der Waals surface area contributed by atoms with E-state index in [-0.39, 0.29) is 17.9 Å². The number of hydrogen-bond donors (Lipinski definition) is 3. The van der Waals surface area contributed by atoms with E-state index in [1.165, 1.54) is 32.1 Å². The maximum Gasteiger partial charge on any atom is 0.239 e. The van der Waals surface area contributed by atoms with Gasteiger partial charge in [-0.15, -0.1) is 5.10 Å². The molecule has 3 rings (SSSR count). The van der Waals surface area contributed by atoms with E-state index >= 15 is 0 Å². The zero-order chi connectivity index (χ0) is 20.1. The zero-order valence-electron chi connectivity index (χ0n) is 16.9. The molecule has 0 aromatic carbocycles. The van der Waals surface area contributed by atoms with Crippen molar-refractivity contribution in [2.45, 2.75) is 70.9 Å².